The molecule has 156 valence electrons. The first kappa shape index (κ1) is 22.4. The Morgan fingerprint density at radius 1 is 1.00 bits per heavy atom. The normalized spacial score (nSPS) is 14.6. The number of hydrogen-bond donors (Lipinski definition) is 1. The Morgan fingerprint density at radius 2 is 1.62 bits per heavy atom. The molecule has 0 bridgehead atoms. The van der Waals surface area contributed by atoms with E-state index in [1.165, 1.54) is 43.5 Å². The van der Waals surface area contributed by atoms with Gasteiger partial charge < -0.3 is 14.4 Å². The van der Waals surface area contributed by atoms with E-state index in [-0.39, 0.29) is 21.9 Å². The molecule has 0 fully saturated rings. The fourth-order valence-electron chi connectivity index (χ4n) is 2.69. The first-order valence-corrected chi connectivity index (χ1v) is 10.2. The van der Waals surface area contributed by atoms with E-state index in [1.807, 2.05) is 0 Å². The van der Waals surface area contributed by atoms with Crippen LogP contribution in [0.25, 0.3) is 0 Å². The molecule has 0 aliphatic carbocycles. The molecule has 0 atom stereocenters. The number of hydrogen-bond acceptors (Lipinski definition) is 7. The number of para-hydroxylation sites is 1. The second-order valence-electron chi connectivity index (χ2n) is 7.14. The van der Waals surface area contributed by atoms with E-state index in [4.69, 9.17) is 9.47 Å². The molecular weight excluding hydrogens is 396 g/mol. The standard InChI is InChI=1S/C20H24N2O6S/c1-20(2,3)21-29(25,26)16-12-7-6-11-15(16)22-13-9-8-10-14(18(23)27-4)17(22)19(24)28-5/h6-13,21H,1-5H3. The second kappa shape index (κ2) is 8.62. The lowest BCUT2D eigenvalue weighted by atomic mass is 10.1. The summed E-state index contributed by atoms with van der Waals surface area (Å²) in [5.74, 6) is -1.58. The Kier molecular flexibility index (Phi) is 6.66. The van der Waals surface area contributed by atoms with Crippen molar-refractivity contribution in [1.82, 2.24) is 4.72 Å². The van der Waals surface area contributed by atoms with Crippen molar-refractivity contribution in [1.29, 1.82) is 0 Å². The topological polar surface area (TPSA) is 102 Å². The Hall–Kier alpha value is -2.91. The van der Waals surface area contributed by atoms with E-state index in [2.05, 4.69) is 4.72 Å². The highest BCUT2D eigenvalue weighted by Gasteiger charge is 2.32. The quantitative estimate of drug-likeness (QED) is 0.729. The molecule has 0 radical (unpaired) electrons. The lowest BCUT2D eigenvalue weighted by Gasteiger charge is -2.27. The maximum atomic E-state index is 13.0. The van der Waals surface area contributed by atoms with Gasteiger partial charge >= 0.3 is 11.9 Å². The van der Waals surface area contributed by atoms with Crippen molar-refractivity contribution >= 4 is 27.6 Å². The molecule has 0 amide bonds. The van der Waals surface area contributed by atoms with Gasteiger partial charge in [-0.05, 0) is 45.1 Å². The van der Waals surface area contributed by atoms with Crippen molar-refractivity contribution in [3.05, 3.63) is 60.0 Å². The summed E-state index contributed by atoms with van der Waals surface area (Å²) in [6.07, 6.45) is 5.99. The van der Waals surface area contributed by atoms with Crippen LogP contribution in [0.1, 0.15) is 20.8 Å². The summed E-state index contributed by atoms with van der Waals surface area (Å²) >= 11 is 0. The van der Waals surface area contributed by atoms with Gasteiger partial charge in [0.25, 0.3) is 0 Å². The smallest absolute Gasteiger partial charge is 0.355 e. The molecule has 0 saturated carbocycles. The molecule has 0 aromatic heterocycles. The first-order valence-electron chi connectivity index (χ1n) is 8.70. The number of allylic oxidation sites excluding steroid dienone is 2. The Balaban J connectivity index is 2.76. The molecule has 0 saturated heterocycles. The van der Waals surface area contributed by atoms with Crippen LogP contribution in [0.5, 0.6) is 0 Å². The van der Waals surface area contributed by atoms with Crippen LogP contribution in [0.3, 0.4) is 0 Å². The van der Waals surface area contributed by atoms with E-state index in [1.54, 1.807) is 45.1 Å². The van der Waals surface area contributed by atoms with E-state index in [0.717, 1.165) is 0 Å². The zero-order valence-corrected chi connectivity index (χ0v) is 17.7. The number of sulfonamides is 1. The van der Waals surface area contributed by atoms with Crippen LogP contribution in [-0.2, 0) is 29.1 Å². The van der Waals surface area contributed by atoms with Crippen LogP contribution >= 0.6 is 0 Å². The van der Waals surface area contributed by atoms with E-state index < -0.39 is 27.5 Å². The van der Waals surface area contributed by atoms with E-state index >= 15 is 0 Å². The van der Waals surface area contributed by atoms with Crippen molar-refractivity contribution in [2.24, 2.45) is 0 Å². The Morgan fingerprint density at radius 3 is 2.21 bits per heavy atom. The largest absolute Gasteiger partial charge is 0.465 e. The number of nitrogens with zero attached hydrogens (tertiary/aromatic N) is 1. The zero-order valence-electron chi connectivity index (χ0n) is 16.9. The molecule has 1 aliphatic rings. The SMILES string of the molecule is COC(=O)C1=C(C(=O)OC)N(c2ccccc2S(=O)(=O)NC(C)(C)C)C=CC=C1. The monoisotopic (exact) mass is 420 g/mol. The van der Waals surface area contributed by atoms with Crippen molar-refractivity contribution in [2.75, 3.05) is 19.1 Å². The molecule has 2 rings (SSSR count). The van der Waals surface area contributed by atoms with Crippen molar-refractivity contribution in [2.45, 2.75) is 31.2 Å². The number of carbonyl (C=O) groups excluding carboxylic acids is 2. The summed E-state index contributed by atoms with van der Waals surface area (Å²) in [7, 11) is -1.59. The van der Waals surface area contributed by atoms with Gasteiger partial charge in [-0.2, -0.15) is 0 Å². The number of ether oxygens (including phenoxy) is 2. The van der Waals surface area contributed by atoms with Crippen LogP contribution < -0.4 is 9.62 Å². The molecule has 1 aliphatic heterocycles. The van der Waals surface area contributed by atoms with Crippen LogP contribution in [0.15, 0.2) is 64.9 Å². The van der Waals surface area contributed by atoms with Gasteiger partial charge in [0.15, 0.2) is 0 Å². The maximum Gasteiger partial charge on any atom is 0.355 e. The summed E-state index contributed by atoms with van der Waals surface area (Å²) in [4.78, 5) is 26.1. The average Bonchev–Trinajstić information content (AvgIpc) is 2.87. The number of rotatable bonds is 5. The predicted molar refractivity (Wildman–Crippen MR) is 108 cm³/mol. The zero-order chi connectivity index (χ0) is 21.8. The fourth-order valence-corrected chi connectivity index (χ4v) is 4.31. The Labute approximate surface area is 170 Å². The number of benzene rings is 1. The molecule has 1 heterocycles. The molecular formula is C20H24N2O6S. The predicted octanol–water partition coefficient (Wildman–Crippen LogP) is 2.25. The van der Waals surface area contributed by atoms with Gasteiger partial charge in [0, 0.05) is 11.7 Å². The number of nitrogens with one attached hydrogen (secondary N) is 1. The van der Waals surface area contributed by atoms with Crippen LogP contribution in [-0.4, -0.2) is 40.1 Å². The summed E-state index contributed by atoms with van der Waals surface area (Å²) < 4.78 is 38.2. The maximum absolute atomic E-state index is 13.0. The van der Waals surface area contributed by atoms with Gasteiger partial charge in [0.05, 0.1) is 25.5 Å². The van der Waals surface area contributed by atoms with Crippen molar-refractivity contribution < 1.29 is 27.5 Å². The van der Waals surface area contributed by atoms with Crippen LogP contribution in [0, 0.1) is 0 Å². The van der Waals surface area contributed by atoms with Crippen LogP contribution in [0.4, 0.5) is 5.69 Å². The minimum atomic E-state index is -3.95. The summed E-state index contributed by atoms with van der Waals surface area (Å²) in [6, 6.07) is 6.15. The average molecular weight is 420 g/mol. The third kappa shape index (κ3) is 5.12. The van der Waals surface area contributed by atoms with Gasteiger partial charge in [0.1, 0.15) is 10.6 Å². The first-order chi connectivity index (χ1) is 13.5. The number of carbonyl (C=O) groups is 2. The molecule has 9 heteroatoms. The van der Waals surface area contributed by atoms with Crippen molar-refractivity contribution in [3.8, 4) is 0 Å². The number of methoxy groups -OCH3 is 2. The minimum Gasteiger partial charge on any atom is -0.465 e. The highest BCUT2D eigenvalue weighted by Crippen LogP contribution is 2.32. The fraction of sp³-hybridized carbons (Fsp3) is 0.300. The van der Waals surface area contributed by atoms with E-state index in [0.29, 0.717) is 0 Å². The molecule has 1 aromatic carbocycles. The minimum absolute atomic E-state index is 0.0629. The molecule has 8 nitrogen and oxygen atoms in total. The third-order valence-corrected chi connectivity index (χ3v) is 5.55. The molecule has 29 heavy (non-hydrogen) atoms. The van der Waals surface area contributed by atoms with Crippen molar-refractivity contribution in [3.63, 3.8) is 0 Å². The lowest BCUT2D eigenvalue weighted by molar-refractivity contribution is -0.139. The number of esters is 2. The third-order valence-electron chi connectivity index (χ3n) is 3.74. The van der Waals surface area contributed by atoms with Gasteiger partial charge in [-0.3, -0.25) is 0 Å². The molecule has 1 aromatic rings. The molecule has 0 spiro atoms. The lowest BCUT2D eigenvalue weighted by Crippen LogP contribution is -2.41. The summed E-state index contributed by atoms with van der Waals surface area (Å²) in [5, 5.41) is 0. The van der Waals surface area contributed by atoms with E-state index in [9.17, 15) is 18.0 Å². The van der Waals surface area contributed by atoms with Gasteiger partial charge in [-0.25, -0.2) is 22.7 Å². The highest BCUT2D eigenvalue weighted by molar-refractivity contribution is 7.89. The highest BCUT2D eigenvalue weighted by atomic mass is 32.2. The van der Waals surface area contributed by atoms with Crippen LogP contribution in [0.2, 0.25) is 0 Å². The van der Waals surface area contributed by atoms with Gasteiger partial charge in [-0.1, -0.05) is 18.2 Å². The summed E-state index contributed by atoms with van der Waals surface area (Å²) in [5.41, 5.74) is -0.783. The number of anilines is 1. The van der Waals surface area contributed by atoms with Gasteiger partial charge in [0.2, 0.25) is 10.0 Å². The summed E-state index contributed by atoms with van der Waals surface area (Å²) in [6.45, 7) is 5.16. The second-order valence-corrected chi connectivity index (χ2v) is 8.79. The molecule has 0 unspecified atom stereocenters. The van der Waals surface area contributed by atoms with Gasteiger partial charge in [-0.15, -0.1) is 0 Å². The molecule has 1 N–H and O–H groups in total. The Bertz CT molecular complexity index is 1000.